The predicted molar refractivity (Wildman–Crippen MR) is 128 cm³/mol. The number of aromatic amines is 1. The SMILES string of the molecule is CN1CCC(N(C)C2=C(c3cccs3)C(=O)N(CCc3c[nH]c4ccccc34)C2=O)CC1. The lowest BCUT2D eigenvalue weighted by molar-refractivity contribution is -0.137. The molecule has 166 valence electrons. The Kier molecular flexibility index (Phi) is 5.61. The number of carbonyl (C=O) groups is 2. The Bertz CT molecular complexity index is 1170. The van der Waals surface area contributed by atoms with Crippen molar-refractivity contribution in [3.63, 3.8) is 0 Å². The second-order valence-corrected chi connectivity index (χ2v) is 9.67. The Morgan fingerprint density at radius 1 is 1.09 bits per heavy atom. The van der Waals surface area contributed by atoms with Gasteiger partial charge in [0.15, 0.2) is 0 Å². The van der Waals surface area contributed by atoms with E-state index in [0.717, 1.165) is 47.3 Å². The highest BCUT2D eigenvalue weighted by Crippen LogP contribution is 2.35. The molecule has 6 nitrogen and oxygen atoms in total. The minimum Gasteiger partial charge on any atom is -0.366 e. The Morgan fingerprint density at radius 2 is 1.88 bits per heavy atom. The van der Waals surface area contributed by atoms with E-state index in [1.807, 2.05) is 49.0 Å². The number of para-hydroxylation sites is 1. The molecule has 2 aliphatic rings. The second-order valence-electron chi connectivity index (χ2n) is 8.72. The van der Waals surface area contributed by atoms with E-state index < -0.39 is 0 Å². The van der Waals surface area contributed by atoms with Crippen molar-refractivity contribution in [2.45, 2.75) is 25.3 Å². The Hall–Kier alpha value is -2.90. The minimum absolute atomic E-state index is 0.167. The van der Waals surface area contributed by atoms with Gasteiger partial charge in [-0.2, -0.15) is 0 Å². The van der Waals surface area contributed by atoms with Gasteiger partial charge in [0.25, 0.3) is 11.8 Å². The van der Waals surface area contributed by atoms with Crippen molar-refractivity contribution in [3.8, 4) is 0 Å². The molecule has 0 atom stereocenters. The summed E-state index contributed by atoms with van der Waals surface area (Å²) in [4.78, 5) is 37.1. The molecule has 5 rings (SSSR count). The predicted octanol–water partition coefficient (Wildman–Crippen LogP) is 3.58. The van der Waals surface area contributed by atoms with Gasteiger partial charge in [0, 0.05) is 41.6 Å². The van der Waals surface area contributed by atoms with E-state index in [1.54, 1.807) is 0 Å². The van der Waals surface area contributed by atoms with Crippen LogP contribution in [0.5, 0.6) is 0 Å². The van der Waals surface area contributed by atoms with Crippen LogP contribution in [0.1, 0.15) is 23.3 Å². The van der Waals surface area contributed by atoms with Crippen LogP contribution in [0.15, 0.2) is 53.7 Å². The average molecular weight is 449 g/mol. The first-order valence-electron chi connectivity index (χ1n) is 11.2. The summed E-state index contributed by atoms with van der Waals surface area (Å²) in [6.45, 7) is 2.38. The zero-order chi connectivity index (χ0) is 22.2. The first kappa shape index (κ1) is 21.0. The van der Waals surface area contributed by atoms with E-state index in [1.165, 1.54) is 16.2 Å². The first-order valence-corrected chi connectivity index (χ1v) is 12.0. The number of rotatable bonds is 6. The van der Waals surface area contributed by atoms with Crippen LogP contribution in [0.4, 0.5) is 0 Å². The summed E-state index contributed by atoms with van der Waals surface area (Å²) in [5.41, 5.74) is 3.31. The molecule has 0 saturated carbocycles. The molecule has 1 saturated heterocycles. The number of hydrogen-bond donors (Lipinski definition) is 1. The fourth-order valence-electron chi connectivity index (χ4n) is 4.87. The topological polar surface area (TPSA) is 59.6 Å². The summed E-state index contributed by atoms with van der Waals surface area (Å²) in [5, 5.41) is 3.10. The molecule has 0 radical (unpaired) electrons. The molecule has 2 amide bonds. The van der Waals surface area contributed by atoms with E-state index in [-0.39, 0.29) is 17.9 Å². The van der Waals surface area contributed by atoms with Crippen LogP contribution in [-0.4, -0.2) is 71.3 Å². The normalized spacial score (nSPS) is 18.4. The second kappa shape index (κ2) is 8.56. The summed E-state index contributed by atoms with van der Waals surface area (Å²) in [5.74, 6) is -0.341. The lowest BCUT2D eigenvalue weighted by atomic mass is 10.0. The number of nitrogens with zero attached hydrogens (tertiary/aromatic N) is 3. The van der Waals surface area contributed by atoms with Gasteiger partial charge in [-0.15, -0.1) is 11.3 Å². The van der Waals surface area contributed by atoms with Crippen LogP contribution >= 0.6 is 11.3 Å². The third-order valence-electron chi connectivity index (χ3n) is 6.78. The molecular weight excluding hydrogens is 420 g/mol. The molecule has 4 heterocycles. The number of aromatic nitrogens is 1. The molecule has 2 aromatic heterocycles. The highest BCUT2D eigenvalue weighted by Gasteiger charge is 2.42. The fourth-order valence-corrected chi connectivity index (χ4v) is 5.63. The van der Waals surface area contributed by atoms with E-state index in [2.05, 4.69) is 27.9 Å². The number of benzene rings is 1. The van der Waals surface area contributed by atoms with Gasteiger partial charge in [0.05, 0.1) is 5.57 Å². The molecule has 1 fully saturated rings. The minimum atomic E-state index is -0.174. The number of likely N-dealkylation sites (tertiary alicyclic amines) is 1. The molecule has 7 heteroatoms. The van der Waals surface area contributed by atoms with E-state index in [0.29, 0.717) is 24.2 Å². The lowest BCUT2D eigenvalue weighted by Crippen LogP contribution is -2.43. The zero-order valence-electron chi connectivity index (χ0n) is 18.5. The molecule has 1 N–H and O–H groups in total. The smallest absolute Gasteiger partial charge is 0.277 e. The van der Waals surface area contributed by atoms with Crippen molar-refractivity contribution in [1.82, 2.24) is 19.7 Å². The maximum Gasteiger partial charge on any atom is 0.277 e. The number of piperidine rings is 1. The number of carbonyl (C=O) groups excluding carboxylic acids is 2. The molecule has 32 heavy (non-hydrogen) atoms. The van der Waals surface area contributed by atoms with Crippen molar-refractivity contribution in [2.24, 2.45) is 0 Å². The third-order valence-corrected chi connectivity index (χ3v) is 7.67. The highest BCUT2D eigenvalue weighted by molar-refractivity contribution is 7.11. The number of imide groups is 1. The number of thiophene rings is 1. The molecule has 3 aromatic rings. The van der Waals surface area contributed by atoms with Gasteiger partial charge >= 0.3 is 0 Å². The van der Waals surface area contributed by atoms with E-state index >= 15 is 0 Å². The van der Waals surface area contributed by atoms with Gasteiger partial charge in [-0.05, 0) is 62.5 Å². The van der Waals surface area contributed by atoms with Gasteiger partial charge in [0.1, 0.15) is 5.70 Å². The Morgan fingerprint density at radius 3 is 2.62 bits per heavy atom. The fraction of sp³-hybridized carbons (Fsp3) is 0.360. The van der Waals surface area contributed by atoms with Crippen LogP contribution in [0, 0.1) is 0 Å². The van der Waals surface area contributed by atoms with Crippen molar-refractivity contribution in [1.29, 1.82) is 0 Å². The summed E-state index contributed by atoms with van der Waals surface area (Å²) in [7, 11) is 4.11. The van der Waals surface area contributed by atoms with Crippen molar-refractivity contribution < 1.29 is 9.59 Å². The Balaban J connectivity index is 1.42. The molecular formula is C25H28N4O2S. The zero-order valence-corrected chi connectivity index (χ0v) is 19.3. The van der Waals surface area contributed by atoms with Crippen molar-refractivity contribution in [2.75, 3.05) is 33.7 Å². The van der Waals surface area contributed by atoms with Gasteiger partial charge in [-0.3, -0.25) is 14.5 Å². The third kappa shape index (κ3) is 3.65. The monoisotopic (exact) mass is 448 g/mol. The van der Waals surface area contributed by atoms with Crippen LogP contribution in [-0.2, 0) is 16.0 Å². The Labute approximate surface area is 192 Å². The van der Waals surface area contributed by atoms with Gasteiger partial charge < -0.3 is 14.8 Å². The van der Waals surface area contributed by atoms with Crippen LogP contribution in [0.25, 0.3) is 16.5 Å². The average Bonchev–Trinajstić information content (AvgIpc) is 3.52. The summed E-state index contributed by atoms with van der Waals surface area (Å²) in [6.07, 6.45) is 4.59. The first-order chi connectivity index (χ1) is 15.5. The summed E-state index contributed by atoms with van der Waals surface area (Å²) < 4.78 is 0. The molecule has 0 spiro atoms. The number of H-pyrrole nitrogens is 1. The van der Waals surface area contributed by atoms with Gasteiger partial charge in [-0.1, -0.05) is 24.3 Å². The van der Waals surface area contributed by atoms with Crippen LogP contribution in [0.3, 0.4) is 0 Å². The van der Waals surface area contributed by atoms with Crippen molar-refractivity contribution >= 4 is 39.6 Å². The highest BCUT2D eigenvalue weighted by atomic mass is 32.1. The summed E-state index contributed by atoms with van der Waals surface area (Å²) in [6, 6.07) is 12.3. The molecule has 1 aromatic carbocycles. The maximum atomic E-state index is 13.6. The van der Waals surface area contributed by atoms with Gasteiger partial charge in [-0.25, -0.2) is 0 Å². The van der Waals surface area contributed by atoms with Gasteiger partial charge in [0.2, 0.25) is 0 Å². The quantitative estimate of drug-likeness (QED) is 0.586. The number of hydrogen-bond acceptors (Lipinski definition) is 5. The standard InChI is InChI=1S/C25H28N4O2S/c1-27-12-10-18(11-13-27)28(2)23-22(21-8-5-15-32-21)24(30)29(25(23)31)14-9-17-16-26-20-7-4-3-6-19(17)20/h3-8,15-16,18,26H,9-14H2,1-2H3. The largest absolute Gasteiger partial charge is 0.366 e. The molecule has 0 unspecified atom stereocenters. The van der Waals surface area contributed by atoms with E-state index in [4.69, 9.17) is 0 Å². The number of likely N-dealkylation sites (N-methyl/N-ethyl adjacent to an activating group) is 1. The van der Waals surface area contributed by atoms with Crippen LogP contribution in [0.2, 0.25) is 0 Å². The molecule has 0 aliphatic carbocycles. The molecule has 0 bridgehead atoms. The molecule has 2 aliphatic heterocycles. The summed E-state index contributed by atoms with van der Waals surface area (Å²) >= 11 is 1.52. The number of fused-ring (bicyclic) bond motifs is 1. The number of amides is 2. The van der Waals surface area contributed by atoms with Crippen LogP contribution < -0.4 is 0 Å². The lowest BCUT2D eigenvalue weighted by Gasteiger charge is -2.36. The van der Waals surface area contributed by atoms with E-state index in [9.17, 15) is 9.59 Å². The van der Waals surface area contributed by atoms with Crippen molar-refractivity contribution in [3.05, 3.63) is 64.1 Å². The maximum absolute atomic E-state index is 13.6. The number of nitrogens with one attached hydrogen (secondary N) is 1.